The second-order valence-corrected chi connectivity index (χ2v) is 10.3. The van der Waals surface area contributed by atoms with E-state index in [0.29, 0.717) is 28.8 Å². The number of halogens is 1. The summed E-state index contributed by atoms with van der Waals surface area (Å²) in [7, 11) is 0. The Balaban J connectivity index is 1.87. The van der Waals surface area contributed by atoms with Crippen molar-refractivity contribution in [1.82, 2.24) is 9.55 Å². The molecule has 26 heavy (non-hydrogen) atoms. The third-order valence-corrected chi connectivity index (χ3v) is 6.51. The number of anilines is 1. The molecule has 2 aromatic rings. The van der Waals surface area contributed by atoms with Crippen molar-refractivity contribution in [2.24, 2.45) is 10.8 Å². The molecule has 1 saturated heterocycles. The maximum Gasteiger partial charge on any atom is 0.262 e. The Morgan fingerprint density at radius 3 is 2.77 bits per heavy atom. The molecule has 1 saturated carbocycles. The van der Waals surface area contributed by atoms with E-state index in [4.69, 9.17) is 4.98 Å². The molecule has 2 unspecified atom stereocenters. The summed E-state index contributed by atoms with van der Waals surface area (Å²) in [5.41, 5.74) is 1.55. The summed E-state index contributed by atoms with van der Waals surface area (Å²) in [4.78, 5) is 20.6. The van der Waals surface area contributed by atoms with Crippen molar-refractivity contribution < 1.29 is 0 Å². The average molecular weight is 418 g/mol. The molecule has 2 heterocycles. The van der Waals surface area contributed by atoms with Crippen LogP contribution in [0.4, 0.5) is 5.95 Å². The van der Waals surface area contributed by atoms with Gasteiger partial charge < -0.3 is 4.90 Å². The van der Waals surface area contributed by atoms with Gasteiger partial charge in [-0.15, -0.1) is 0 Å². The molecule has 2 fully saturated rings. The van der Waals surface area contributed by atoms with Crippen molar-refractivity contribution in [2.75, 3.05) is 11.4 Å². The molecule has 0 amide bonds. The molecule has 5 heteroatoms. The Morgan fingerprint density at radius 2 is 2.04 bits per heavy atom. The highest BCUT2D eigenvalue weighted by Gasteiger charge is 2.50. The molecule has 140 valence electrons. The van der Waals surface area contributed by atoms with E-state index in [1.165, 1.54) is 19.3 Å². The third kappa shape index (κ3) is 2.98. The van der Waals surface area contributed by atoms with Crippen LogP contribution in [0.3, 0.4) is 0 Å². The maximum absolute atomic E-state index is 13.2. The highest BCUT2D eigenvalue weighted by molar-refractivity contribution is 9.10. The van der Waals surface area contributed by atoms with Gasteiger partial charge in [0.25, 0.3) is 5.56 Å². The van der Waals surface area contributed by atoms with Crippen molar-refractivity contribution in [3.8, 4) is 0 Å². The van der Waals surface area contributed by atoms with Crippen molar-refractivity contribution in [3.05, 3.63) is 33.0 Å². The van der Waals surface area contributed by atoms with Gasteiger partial charge in [0.05, 0.1) is 10.9 Å². The van der Waals surface area contributed by atoms with Crippen LogP contribution in [-0.4, -0.2) is 22.1 Å². The maximum atomic E-state index is 13.2. The predicted octanol–water partition coefficient (Wildman–Crippen LogP) is 4.97. The van der Waals surface area contributed by atoms with Crippen LogP contribution < -0.4 is 10.5 Å². The summed E-state index contributed by atoms with van der Waals surface area (Å²) < 4.78 is 2.83. The van der Waals surface area contributed by atoms with E-state index in [-0.39, 0.29) is 5.56 Å². The summed E-state index contributed by atoms with van der Waals surface area (Å²) >= 11 is 3.48. The molecule has 2 aliphatic rings. The normalized spacial score (nSPS) is 27.3. The second kappa shape index (κ2) is 6.08. The van der Waals surface area contributed by atoms with Crippen LogP contribution in [0.2, 0.25) is 0 Å². The van der Waals surface area contributed by atoms with E-state index in [9.17, 15) is 4.79 Å². The van der Waals surface area contributed by atoms with Crippen LogP contribution in [0.5, 0.6) is 0 Å². The first-order valence-electron chi connectivity index (χ1n) is 9.68. The number of rotatable bonds is 3. The highest BCUT2D eigenvalue weighted by Crippen LogP contribution is 2.53. The molecule has 0 radical (unpaired) electrons. The molecule has 1 aliphatic carbocycles. The first-order chi connectivity index (χ1) is 12.2. The minimum atomic E-state index is 0.0824. The van der Waals surface area contributed by atoms with Crippen molar-refractivity contribution in [3.63, 3.8) is 0 Å². The van der Waals surface area contributed by atoms with Crippen molar-refractivity contribution in [1.29, 1.82) is 0 Å². The highest BCUT2D eigenvalue weighted by atomic mass is 79.9. The molecule has 1 aliphatic heterocycles. The summed E-state index contributed by atoms with van der Waals surface area (Å²) in [5.74, 6) is 0.873. The van der Waals surface area contributed by atoms with Crippen LogP contribution >= 0.6 is 15.9 Å². The Kier molecular flexibility index (Phi) is 4.22. The average Bonchev–Trinajstić information content (AvgIpc) is 2.79. The fourth-order valence-corrected chi connectivity index (χ4v) is 5.88. The van der Waals surface area contributed by atoms with E-state index >= 15 is 0 Å². The minimum Gasteiger partial charge on any atom is -0.339 e. The number of hydrogen-bond donors (Lipinski definition) is 0. The van der Waals surface area contributed by atoms with E-state index in [1.807, 2.05) is 22.8 Å². The Bertz CT molecular complexity index is 919. The SMILES string of the molecule is CCCn1c(N2CC3(C)CC2CC(C)(C)C3)nc2ccc(Br)cc2c1=O. The number of aromatic nitrogens is 2. The molecule has 4 rings (SSSR count). The Hall–Kier alpha value is -1.36. The molecule has 0 N–H and O–H groups in total. The van der Waals surface area contributed by atoms with Gasteiger partial charge in [0, 0.05) is 23.6 Å². The van der Waals surface area contributed by atoms with Gasteiger partial charge in [-0.3, -0.25) is 9.36 Å². The molecular weight excluding hydrogens is 390 g/mol. The molecule has 2 bridgehead atoms. The van der Waals surface area contributed by atoms with Gasteiger partial charge in [0.15, 0.2) is 0 Å². The van der Waals surface area contributed by atoms with Crippen molar-refractivity contribution >= 4 is 32.8 Å². The number of benzene rings is 1. The third-order valence-electron chi connectivity index (χ3n) is 6.01. The van der Waals surface area contributed by atoms with Crippen LogP contribution in [-0.2, 0) is 6.54 Å². The predicted molar refractivity (Wildman–Crippen MR) is 111 cm³/mol. The fourth-order valence-electron chi connectivity index (χ4n) is 5.52. The molecule has 1 aromatic heterocycles. The van der Waals surface area contributed by atoms with Crippen LogP contribution in [0.1, 0.15) is 53.4 Å². The van der Waals surface area contributed by atoms with Gasteiger partial charge in [-0.1, -0.05) is 43.6 Å². The fraction of sp³-hybridized carbons (Fsp3) is 0.619. The summed E-state index contributed by atoms with van der Waals surface area (Å²) in [6.07, 6.45) is 4.54. The molecule has 1 aromatic carbocycles. The minimum absolute atomic E-state index is 0.0824. The summed E-state index contributed by atoms with van der Waals surface area (Å²) in [5, 5.41) is 0.699. The van der Waals surface area contributed by atoms with Gasteiger partial charge >= 0.3 is 0 Å². The molecular formula is C21H28BrN3O. The zero-order valence-electron chi connectivity index (χ0n) is 16.2. The first-order valence-corrected chi connectivity index (χ1v) is 10.5. The van der Waals surface area contributed by atoms with E-state index in [1.54, 1.807) is 0 Å². The standard InChI is InChI=1S/C21H28BrN3O/c1-5-8-24-18(26)16-9-14(22)6-7-17(16)23-19(24)25-13-21(4)11-15(25)10-20(2,3)12-21/h6-7,9,15H,5,8,10-13H2,1-4H3. The van der Waals surface area contributed by atoms with E-state index in [0.717, 1.165) is 28.9 Å². The first kappa shape index (κ1) is 18.0. The summed E-state index contributed by atoms with van der Waals surface area (Å²) in [6.45, 7) is 11.0. The summed E-state index contributed by atoms with van der Waals surface area (Å²) in [6, 6.07) is 6.30. The lowest BCUT2D eigenvalue weighted by Crippen LogP contribution is -2.38. The van der Waals surface area contributed by atoms with Gasteiger partial charge in [0.2, 0.25) is 5.95 Å². The number of fused-ring (bicyclic) bond motifs is 3. The Morgan fingerprint density at radius 1 is 1.27 bits per heavy atom. The van der Waals surface area contributed by atoms with Gasteiger partial charge in [-0.05, 0) is 54.7 Å². The number of hydrogen-bond acceptors (Lipinski definition) is 3. The smallest absolute Gasteiger partial charge is 0.262 e. The van der Waals surface area contributed by atoms with Gasteiger partial charge in [-0.25, -0.2) is 4.98 Å². The van der Waals surface area contributed by atoms with Gasteiger partial charge in [0.1, 0.15) is 0 Å². The zero-order valence-corrected chi connectivity index (χ0v) is 17.8. The van der Waals surface area contributed by atoms with Crippen LogP contribution in [0.25, 0.3) is 10.9 Å². The van der Waals surface area contributed by atoms with Crippen LogP contribution in [0, 0.1) is 10.8 Å². The molecule has 2 atom stereocenters. The van der Waals surface area contributed by atoms with E-state index in [2.05, 4.69) is 48.5 Å². The second-order valence-electron chi connectivity index (χ2n) is 9.37. The van der Waals surface area contributed by atoms with Gasteiger partial charge in [-0.2, -0.15) is 0 Å². The Labute approximate surface area is 163 Å². The zero-order chi connectivity index (χ0) is 18.7. The largest absolute Gasteiger partial charge is 0.339 e. The molecule has 4 nitrogen and oxygen atoms in total. The topological polar surface area (TPSA) is 38.1 Å². The number of nitrogens with zero attached hydrogens (tertiary/aromatic N) is 3. The van der Waals surface area contributed by atoms with Crippen LogP contribution in [0.15, 0.2) is 27.5 Å². The monoisotopic (exact) mass is 417 g/mol. The van der Waals surface area contributed by atoms with Crippen molar-refractivity contribution in [2.45, 2.75) is 66.0 Å². The van der Waals surface area contributed by atoms with E-state index < -0.39 is 0 Å². The molecule has 0 spiro atoms. The quantitative estimate of drug-likeness (QED) is 0.706. The lowest BCUT2D eigenvalue weighted by Gasteiger charge is -2.39. The lowest BCUT2D eigenvalue weighted by atomic mass is 9.65. The lowest BCUT2D eigenvalue weighted by molar-refractivity contribution is 0.136.